The first-order valence-electron chi connectivity index (χ1n) is 7.36. The summed E-state index contributed by atoms with van der Waals surface area (Å²) in [4.78, 5) is 19.8. The predicted octanol–water partition coefficient (Wildman–Crippen LogP) is 2.62. The summed E-state index contributed by atoms with van der Waals surface area (Å²) in [6, 6.07) is 3.48. The molecule has 1 N–H and O–H groups in total. The summed E-state index contributed by atoms with van der Waals surface area (Å²) < 4.78 is 6.80. The maximum atomic E-state index is 11.1. The molecule has 0 radical (unpaired) electrons. The Morgan fingerprint density at radius 2 is 2.08 bits per heavy atom. The van der Waals surface area contributed by atoms with E-state index in [0.717, 1.165) is 0 Å². The van der Waals surface area contributed by atoms with E-state index in [1.54, 1.807) is 25.3 Å². The van der Waals surface area contributed by atoms with Crippen LogP contribution in [0, 0.1) is 6.92 Å². The van der Waals surface area contributed by atoms with Crippen molar-refractivity contribution < 1.29 is 14.4 Å². The van der Waals surface area contributed by atoms with Crippen LogP contribution >= 0.6 is 0 Å². The minimum atomic E-state index is -1.03. The van der Waals surface area contributed by atoms with Gasteiger partial charge in [-0.25, -0.2) is 14.5 Å². The first-order valence-corrected chi connectivity index (χ1v) is 7.36. The first kappa shape index (κ1) is 15.9. The molecule has 0 saturated heterocycles. The number of rotatable bonds is 3. The van der Waals surface area contributed by atoms with E-state index < -0.39 is 5.97 Å². The van der Waals surface area contributed by atoms with Crippen molar-refractivity contribution in [1.29, 1.82) is 0 Å². The summed E-state index contributed by atoms with van der Waals surface area (Å²) in [5.41, 5.74) is 1.10. The summed E-state index contributed by atoms with van der Waals surface area (Å²) in [6.07, 6.45) is 2.89. The minimum absolute atomic E-state index is 0.134. The normalized spacial score (nSPS) is 11.7. The Labute approximate surface area is 138 Å². The van der Waals surface area contributed by atoms with E-state index in [0.29, 0.717) is 28.8 Å². The molecule has 8 heteroatoms. The van der Waals surface area contributed by atoms with Crippen LogP contribution in [0.5, 0.6) is 0 Å². The van der Waals surface area contributed by atoms with E-state index in [-0.39, 0.29) is 11.0 Å². The molecule has 0 unspecified atom stereocenters. The van der Waals surface area contributed by atoms with Gasteiger partial charge in [0.05, 0.1) is 11.9 Å². The van der Waals surface area contributed by atoms with Crippen molar-refractivity contribution in [3.8, 4) is 17.3 Å². The van der Waals surface area contributed by atoms with Crippen molar-refractivity contribution in [2.24, 2.45) is 0 Å². The maximum absolute atomic E-state index is 11.1. The van der Waals surface area contributed by atoms with Crippen LogP contribution in [0.1, 0.15) is 42.6 Å². The lowest BCUT2D eigenvalue weighted by molar-refractivity contribution is 0.0696. The summed E-state index contributed by atoms with van der Waals surface area (Å²) in [7, 11) is 0. The predicted molar refractivity (Wildman–Crippen MR) is 85.0 cm³/mol. The Balaban J connectivity index is 2.01. The first-order chi connectivity index (χ1) is 11.3. The van der Waals surface area contributed by atoms with Crippen molar-refractivity contribution >= 4 is 5.97 Å². The number of nitrogens with zero attached hydrogens (tertiary/aromatic N) is 5. The molecule has 0 aliphatic heterocycles. The van der Waals surface area contributed by atoms with Crippen LogP contribution in [0.4, 0.5) is 0 Å². The number of carboxylic acid groups (broad SMARTS) is 1. The molecule has 0 atom stereocenters. The van der Waals surface area contributed by atoms with Gasteiger partial charge in [-0.15, -0.1) is 0 Å². The number of aromatic nitrogens is 5. The smallest absolute Gasteiger partial charge is 0.339 e. The van der Waals surface area contributed by atoms with Crippen molar-refractivity contribution in [3.63, 3.8) is 0 Å². The van der Waals surface area contributed by atoms with Crippen LogP contribution in [0.2, 0.25) is 0 Å². The second-order valence-electron chi connectivity index (χ2n) is 6.44. The molecule has 3 heterocycles. The standard InChI is InChI=1S/C16H17N5O3/c1-9-11(14(22)23)8-18-21(9)12-7-10(5-6-17-12)13-19-15(20-24-13)16(2,3)4/h5-8H,1-4H3,(H,22,23). The molecule has 0 fully saturated rings. The number of aromatic carboxylic acids is 1. The van der Waals surface area contributed by atoms with Crippen molar-refractivity contribution in [1.82, 2.24) is 24.9 Å². The Hall–Kier alpha value is -3.03. The molecular formula is C16H17N5O3. The second-order valence-corrected chi connectivity index (χ2v) is 6.44. The topological polar surface area (TPSA) is 107 Å². The summed E-state index contributed by atoms with van der Waals surface area (Å²) in [6.45, 7) is 7.68. The van der Waals surface area contributed by atoms with E-state index >= 15 is 0 Å². The molecular weight excluding hydrogens is 310 g/mol. The van der Waals surface area contributed by atoms with E-state index in [4.69, 9.17) is 9.63 Å². The summed E-state index contributed by atoms with van der Waals surface area (Å²) >= 11 is 0. The number of carboxylic acids is 1. The monoisotopic (exact) mass is 327 g/mol. The van der Waals surface area contributed by atoms with Crippen molar-refractivity contribution in [3.05, 3.63) is 41.6 Å². The fourth-order valence-electron chi connectivity index (χ4n) is 2.16. The van der Waals surface area contributed by atoms with Gasteiger partial charge < -0.3 is 9.63 Å². The zero-order chi connectivity index (χ0) is 17.5. The zero-order valence-electron chi connectivity index (χ0n) is 13.8. The van der Waals surface area contributed by atoms with Gasteiger partial charge in [0.15, 0.2) is 11.6 Å². The average Bonchev–Trinajstić information content (AvgIpc) is 3.13. The third-order valence-corrected chi connectivity index (χ3v) is 3.55. The SMILES string of the molecule is Cc1c(C(=O)O)cnn1-c1cc(-c2nc(C(C)(C)C)no2)ccn1. The molecule has 3 aromatic heterocycles. The highest BCUT2D eigenvalue weighted by atomic mass is 16.5. The van der Waals surface area contributed by atoms with E-state index in [9.17, 15) is 4.79 Å². The molecule has 0 spiro atoms. The van der Waals surface area contributed by atoms with Gasteiger partial charge in [0.1, 0.15) is 5.56 Å². The summed E-state index contributed by atoms with van der Waals surface area (Å²) in [5.74, 6) is 0.445. The number of pyridine rings is 1. The molecule has 0 amide bonds. The van der Waals surface area contributed by atoms with Gasteiger partial charge in [0, 0.05) is 17.2 Å². The molecule has 8 nitrogen and oxygen atoms in total. The van der Waals surface area contributed by atoms with E-state index in [1.807, 2.05) is 20.8 Å². The van der Waals surface area contributed by atoms with Gasteiger partial charge in [-0.1, -0.05) is 25.9 Å². The highest BCUT2D eigenvalue weighted by Gasteiger charge is 2.22. The Bertz CT molecular complexity index is 905. The summed E-state index contributed by atoms with van der Waals surface area (Å²) in [5, 5.41) is 17.2. The highest BCUT2D eigenvalue weighted by molar-refractivity contribution is 5.88. The zero-order valence-corrected chi connectivity index (χ0v) is 13.8. The molecule has 0 aromatic carbocycles. The highest BCUT2D eigenvalue weighted by Crippen LogP contribution is 2.24. The van der Waals surface area contributed by atoms with E-state index in [1.165, 1.54) is 10.9 Å². The van der Waals surface area contributed by atoms with Crippen molar-refractivity contribution in [2.75, 3.05) is 0 Å². The van der Waals surface area contributed by atoms with Crippen LogP contribution in [0.25, 0.3) is 17.3 Å². The van der Waals surface area contributed by atoms with Crippen LogP contribution in [-0.2, 0) is 5.41 Å². The molecule has 3 rings (SSSR count). The lowest BCUT2D eigenvalue weighted by Gasteiger charge is -2.10. The van der Waals surface area contributed by atoms with Gasteiger partial charge in [-0.05, 0) is 19.1 Å². The molecule has 24 heavy (non-hydrogen) atoms. The fraction of sp³-hybridized carbons (Fsp3) is 0.312. The van der Waals surface area contributed by atoms with Crippen LogP contribution < -0.4 is 0 Å². The maximum Gasteiger partial charge on any atom is 0.339 e. The fourth-order valence-corrected chi connectivity index (χ4v) is 2.16. The minimum Gasteiger partial charge on any atom is -0.478 e. The van der Waals surface area contributed by atoms with E-state index in [2.05, 4.69) is 20.2 Å². The Morgan fingerprint density at radius 3 is 2.67 bits per heavy atom. The molecule has 0 aliphatic carbocycles. The Kier molecular flexibility index (Phi) is 3.67. The van der Waals surface area contributed by atoms with Gasteiger partial charge in [-0.2, -0.15) is 10.1 Å². The Morgan fingerprint density at radius 1 is 1.33 bits per heavy atom. The van der Waals surface area contributed by atoms with Crippen LogP contribution in [0.3, 0.4) is 0 Å². The molecule has 0 saturated carbocycles. The third-order valence-electron chi connectivity index (χ3n) is 3.55. The lowest BCUT2D eigenvalue weighted by Crippen LogP contribution is -2.13. The van der Waals surface area contributed by atoms with Crippen LogP contribution in [0.15, 0.2) is 29.0 Å². The second kappa shape index (κ2) is 5.55. The van der Waals surface area contributed by atoms with Crippen LogP contribution in [-0.4, -0.2) is 36.0 Å². The number of hydrogen-bond donors (Lipinski definition) is 1. The third kappa shape index (κ3) is 2.78. The molecule has 124 valence electrons. The van der Waals surface area contributed by atoms with Gasteiger partial charge >= 0.3 is 5.97 Å². The molecule has 0 aliphatic rings. The molecule has 3 aromatic rings. The lowest BCUT2D eigenvalue weighted by atomic mass is 9.96. The number of carbonyl (C=O) groups is 1. The van der Waals surface area contributed by atoms with Crippen molar-refractivity contribution in [2.45, 2.75) is 33.1 Å². The average molecular weight is 327 g/mol. The molecule has 0 bridgehead atoms. The van der Waals surface area contributed by atoms with Gasteiger partial charge in [0.2, 0.25) is 0 Å². The number of hydrogen-bond acceptors (Lipinski definition) is 6. The van der Waals surface area contributed by atoms with Gasteiger partial charge in [-0.3, -0.25) is 0 Å². The largest absolute Gasteiger partial charge is 0.478 e. The quantitative estimate of drug-likeness (QED) is 0.788. The van der Waals surface area contributed by atoms with Gasteiger partial charge in [0.25, 0.3) is 5.89 Å².